The number of ether oxygens (including phenoxy) is 1. The van der Waals surface area contributed by atoms with Crippen molar-refractivity contribution in [1.29, 1.82) is 0 Å². The summed E-state index contributed by atoms with van der Waals surface area (Å²) in [6.07, 6.45) is 1.50. The van der Waals surface area contributed by atoms with Gasteiger partial charge in [-0.2, -0.15) is 0 Å². The molecule has 0 spiro atoms. The highest BCUT2D eigenvalue weighted by Crippen LogP contribution is 2.37. The van der Waals surface area contributed by atoms with Crippen LogP contribution in [0, 0.1) is 0 Å². The van der Waals surface area contributed by atoms with Crippen LogP contribution in [0.3, 0.4) is 0 Å². The number of amides is 1. The van der Waals surface area contributed by atoms with Crippen LogP contribution in [-0.4, -0.2) is 23.7 Å². The molecule has 2 atom stereocenters. The van der Waals surface area contributed by atoms with Gasteiger partial charge in [-0.05, 0) is 31.0 Å². The Morgan fingerprint density at radius 3 is 2.76 bits per heavy atom. The zero-order chi connectivity index (χ0) is 15.6. The maximum absolute atomic E-state index is 12.3. The summed E-state index contributed by atoms with van der Waals surface area (Å²) >= 11 is 5.95. The number of hydrogen-bond acceptors (Lipinski definition) is 3. The first-order chi connectivity index (χ1) is 9.93. The predicted octanol–water partition coefficient (Wildman–Crippen LogP) is 3.02. The molecular formula is C16H20ClNO3. The van der Waals surface area contributed by atoms with Crippen LogP contribution >= 0.6 is 11.6 Å². The number of carbonyl (C=O) groups excluding carboxylic acids is 2. The molecule has 1 heterocycles. The molecular weight excluding hydrogens is 290 g/mol. The second-order valence-corrected chi connectivity index (χ2v) is 5.94. The number of nitrogens with one attached hydrogen (secondary N) is 1. The monoisotopic (exact) mass is 309 g/mol. The summed E-state index contributed by atoms with van der Waals surface area (Å²) in [5.41, 5.74) is 2.42. The van der Waals surface area contributed by atoms with E-state index >= 15 is 0 Å². The Bertz CT molecular complexity index is 569. The number of hydrogen-bond donors (Lipinski definition) is 1. The van der Waals surface area contributed by atoms with Crippen molar-refractivity contribution in [2.24, 2.45) is 0 Å². The molecule has 1 N–H and O–H groups in total. The average molecular weight is 310 g/mol. The highest BCUT2D eigenvalue weighted by molar-refractivity contribution is 6.34. The van der Waals surface area contributed by atoms with E-state index in [0.717, 1.165) is 17.5 Å². The molecule has 0 radical (unpaired) electrons. The molecule has 0 bridgehead atoms. The van der Waals surface area contributed by atoms with Gasteiger partial charge in [0.2, 0.25) is 5.91 Å². The number of rotatable bonds is 4. The second kappa shape index (κ2) is 6.48. The average Bonchev–Trinajstić information content (AvgIpc) is 2.45. The third-order valence-electron chi connectivity index (χ3n) is 3.62. The van der Waals surface area contributed by atoms with Crippen LogP contribution in [0.2, 0.25) is 0 Å². The molecule has 2 rings (SSSR count). The van der Waals surface area contributed by atoms with Crippen LogP contribution in [0.4, 0.5) is 0 Å². The Morgan fingerprint density at radius 2 is 2.19 bits per heavy atom. The molecule has 0 fully saturated rings. The third-order valence-corrected chi connectivity index (χ3v) is 3.82. The van der Waals surface area contributed by atoms with E-state index in [1.165, 1.54) is 6.92 Å². The quantitative estimate of drug-likeness (QED) is 0.687. The lowest BCUT2D eigenvalue weighted by Crippen LogP contribution is -2.31. The zero-order valence-electron chi connectivity index (χ0n) is 12.5. The summed E-state index contributed by atoms with van der Waals surface area (Å²) in [7, 11) is 0. The van der Waals surface area contributed by atoms with Crippen molar-refractivity contribution in [2.45, 2.75) is 45.0 Å². The lowest BCUT2D eigenvalue weighted by Gasteiger charge is -2.28. The van der Waals surface area contributed by atoms with Crippen molar-refractivity contribution in [3.63, 3.8) is 0 Å². The van der Waals surface area contributed by atoms with E-state index in [2.05, 4.69) is 5.32 Å². The van der Waals surface area contributed by atoms with Crippen LogP contribution in [0.1, 0.15) is 54.7 Å². The first-order valence-corrected chi connectivity index (χ1v) is 7.62. The Kier molecular flexibility index (Phi) is 4.88. The van der Waals surface area contributed by atoms with E-state index in [-0.39, 0.29) is 17.7 Å². The number of halogens is 1. The van der Waals surface area contributed by atoms with Gasteiger partial charge in [-0.25, -0.2) is 0 Å². The van der Waals surface area contributed by atoms with Gasteiger partial charge in [0.05, 0.1) is 23.6 Å². The van der Waals surface area contributed by atoms with E-state index < -0.39 is 5.38 Å². The van der Waals surface area contributed by atoms with Crippen molar-refractivity contribution in [3.8, 4) is 5.75 Å². The molecule has 21 heavy (non-hydrogen) atoms. The highest BCUT2D eigenvalue weighted by Gasteiger charge is 2.28. The Labute approximate surface area is 129 Å². The lowest BCUT2D eigenvalue weighted by atomic mass is 9.92. The van der Waals surface area contributed by atoms with Crippen molar-refractivity contribution in [2.75, 3.05) is 6.61 Å². The fourth-order valence-electron chi connectivity index (χ4n) is 2.56. The Balaban J connectivity index is 2.53. The molecule has 1 aromatic carbocycles. The molecule has 4 nitrogen and oxygen atoms in total. The molecule has 1 aliphatic heterocycles. The van der Waals surface area contributed by atoms with E-state index in [9.17, 15) is 9.59 Å². The van der Waals surface area contributed by atoms with Crippen LogP contribution in [0.15, 0.2) is 12.1 Å². The van der Waals surface area contributed by atoms with E-state index in [0.29, 0.717) is 24.3 Å². The molecule has 0 aromatic heterocycles. The van der Waals surface area contributed by atoms with Gasteiger partial charge in [0, 0.05) is 18.9 Å². The smallest absolute Gasteiger partial charge is 0.217 e. The van der Waals surface area contributed by atoms with Crippen LogP contribution in [-0.2, 0) is 11.2 Å². The summed E-state index contributed by atoms with van der Waals surface area (Å²) in [5, 5.41) is 2.32. The highest BCUT2D eigenvalue weighted by atomic mass is 35.5. The molecule has 1 aromatic rings. The molecule has 1 aliphatic rings. The second-order valence-electron chi connectivity index (χ2n) is 5.29. The molecule has 5 heteroatoms. The minimum absolute atomic E-state index is 0.0895. The van der Waals surface area contributed by atoms with Crippen molar-refractivity contribution < 1.29 is 14.3 Å². The van der Waals surface area contributed by atoms with Crippen LogP contribution in [0.5, 0.6) is 5.75 Å². The van der Waals surface area contributed by atoms with E-state index in [1.807, 2.05) is 19.1 Å². The van der Waals surface area contributed by atoms with Gasteiger partial charge < -0.3 is 10.1 Å². The Hall–Kier alpha value is -1.55. The van der Waals surface area contributed by atoms with Crippen LogP contribution in [0.25, 0.3) is 0 Å². The van der Waals surface area contributed by atoms with Gasteiger partial charge in [-0.3, -0.25) is 9.59 Å². The van der Waals surface area contributed by atoms with Crippen LogP contribution < -0.4 is 10.1 Å². The summed E-state index contributed by atoms with van der Waals surface area (Å²) in [6.45, 7) is 5.65. The number of benzene rings is 1. The number of aryl methyl sites for hydroxylation is 1. The number of Topliss-reactive ketones (excluding diaryl/α,β-unsaturated/α-hetero) is 1. The maximum atomic E-state index is 12.3. The van der Waals surface area contributed by atoms with Crippen molar-refractivity contribution in [1.82, 2.24) is 5.32 Å². The summed E-state index contributed by atoms with van der Waals surface area (Å²) in [6, 6.07) is 3.73. The topological polar surface area (TPSA) is 55.4 Å². The predicted molar refractivity (Wildman–Crippen MR) is 82.1 cm³/mol. The van der Waals surface area contributed by atoms with Gasteiger partial charge >= 0.3 is 0 Å². The number of ketones is 1. The molecule has 1 amide bonds. The number of carbonyl (C=O) groups is 2. The molecule has 2 unspecified atom stereocenters. The third kappa shape index (κ3) is 3.38. The van der Waals surface area contributed by atoms with Gasteiger partial charge in [-0.15, -0.1) is 11.6 Å². The first-order valence-electron chi connectivity index (χ1n) is 7.19. The zero-order valence-corrected chi connectivity index (χ0v) is 13.3. The number of fused-ring (bicyclic) bond motifs is 1. The minimum atomic E-state index is -0.606. The summed E-state index contributed by atoms with van der Waals surface area (Å²) in [4.78, 5) is 23.7. The summed E-state index contributed by atoms with van der Waals surface area (Å²) in [5.74, 6) is 0.328. The maximum Gasteiger partial charge on any atom is 0.217 e. The van der Waals surface area contributed by atoms with Gasteiger partial charge in [0.1, 0.15) is 5.75 Å². The van der Waals surface area contributed by atoms with E-state index in [1.54, 1.807) is 6.92 Å². The molecule has 0 aliphatic carbocycles. The Morgan fingerprint density at radius 1 is 1.48 bits per heavy atom. The minimum Gasteiger partial charge on any atom is -0.492 e. The van der Waals surface area contributed by atoms with Crippen molar-refractivity contribution in [3.05, 3.63) is 28.8 Å². The van der Waals surface area contributed by atoms with Gasteiger partial charge in [-0.1, -0.05) is 6.92 Å². The SMILES string of the molecule is CCc1cc(C(=O)C(C)Cl)c2c(c1)C(NC(C)=O)CCO2. The normalized spacial score (nSPS) is 18.4. The largest absolute Gasteiger partial charge is 0.492 e. The van der Waals surface area contributed by atoms with Gasteiger partial charge in [0.15, 0.2) is 5.78 Å². The molecule has 114 valence electrons. The van der Waals surface area contributed by atoms with Crippen molar-refractivity contribution >= 4 is 23.3 Å². The fourth-order valence-corrected chi connectivity index (χ4v) is 2.68. The lowest BCUT2D eigenvalue weighted by molar-refractivity contribution is -0.119. The molecule has 0 saturated heterocycles. The van der Waals surface area contributed by atoms with Gasteiger partial charge in [0.25, 0.3) is 0 Å². The number of alkyl halides is 1. The standard InChI is InChI=1S/C16H20ClNO3/c1-4-11-7-12-14(18-10(3)19)5-6-21-16(12)13(8-11)15(20)9(2)17/h7-9,14H,4-6H2,1-3H3,(H,18,19). The fraction of sp³-hybridized carbons (Fsp3) is 0.500. The van der Waals surface area contributed by atoms with E-state index in [4.69, 9.17) is 16.3 Å². The first kappa shape index (κ1) is 15.8. The molecule has 0 saturated carbocycles. The summed E-state index contributed by atoms with van der Waals surface area (Å²) < 4.78 is 5.71.